The van der Waals surface area contributed by atoms with Crippen molar-refractivity contribution in [3.05, 3.63) is 180 Å². The normalized spacial score (nSPS) is 12.8. The van der Waals surface area contributed by atoms with Crippen molar-refractivity contribution in [3.8, 4) is 11.5 Å². The van der Waals surface area contributed by atoms with Crippen molar-refractivity contribution in [1.82, 2.24) is 9.97 Å². The van der Waals surface area contributed by atoms with Gasteiger partial charge in [0.15, 0.2) is 0 Å². The molecule has 4 aromatic carbocycles. The Bertz CT molecular complexity index is 3360. The van der Waals surface area contributed by atoms with Crippen molar-refractivity contribution in [2.45, 2.75) is 49.4 Å². The molecule has 42 heteroatoms. The second kappa shape index (κ2) is 36.8. The average molecular weight is 1680 g/mol. The van der Waals surface area contributed by atoms with Crippen molar-refractivity contribution in [2.75, 3.05) is 0 Å². The summed E-state index contributed by atoms with van der Waals surface area (Å²) in [7, 11) is 0. The van der Waals surface area contributed by atoms with Crippen LogP contribution in [-0.2, 0) is 19.2 Å². The molecule has 514 valence electrons. The Morgan fingerprint density at radius 3 is 0.755 bits per heavy atom. The number of benzene rings is 4. The Kier molecular flexibility index (Phi) is 34.5. The van der Waals surface area contributed by atoms with Gasteiger partial charge < -0.3 is 30.6 Å². The van der Waals surface area contributed by atoms with Gasteiger partial charge in [0.2, 0.25) is 0 Å². The number of carbonyl (C=O) groups excluding carboxylic acids is 4. The van der Waals surface area contributed by atoms with E-state index in [-0.39, 0.29) is 99.5 Å². The number of alkyl halides is 24. The van der Waals surface area contributed by atoms with Gasteiger partial charge in [0.05, 0.1) is 46.2 Å². The van der Waals surface area contributed by atoms with Crippen molar-refractivity contribution >= 4 is 68.7 Å². The molecule has 94 heavy (non-hydrogen) atoms. The molecular formula is C52H24Dy2F26N4O10. The first-order chi connectivity index (χ1) is 41.6. The first-order valence-electron chi connectivity index (χ1n) is 22.7. The van der Waals surface area contributed by atoms with Crippen LogP contribution in [0, 0.1) is 88.0 Å². The van der Waals surface area contributed by atoms with E-state index in [0.29, 0.717) is 33.8 Å². The molecule has 14 nitrogen and oxygen atoms in total. The van der Waals surface area contributed by atoms with Crippen LogP contribution in [0.4, 0.5) is 126 Å². The van der Waals surface area contributed by atoms with Crippen molar-refractivity contribution < 1.29 is 240 Å². The second-order valence-electron chi connectivity index (χ2n) is 16.1. The van der Waals surface area contributed by atoms with Crippen LogP contribution in [0.25, 0.3) is 21.8 Å². The molecular weight excluding hydrogens is 1660 g/mol. The summed E-state index contributed by atoms with van der Waals surface area (Å²) in [6, 6.07) is 29.0. The van der Waals surface area contributed by atoms with Crippen LogP contribution in [-0.4, -0.2) is 94.9 Å². The van der Waals surface area contributed by atoms with Gasteiger partial charge in [0.25, 0.3) is 23.1 Å². The number of carbonyl (C=O) groups is 4. The van der Waals surface area contributed by atoms with Crippen LogP contribution in [0.1, 0.15) is 11.4 Å². The molecule has 0 aliphatic rings. The predicted octanol–water partition coefficient (Wildman–Crippen LogP) is 10.1. The summed E-state index contributed by atoms with van der Waals surface area (Å²) in [5, 5.41) is 64.3. The second-order valence-corrected chi connectivity index (χ2v) is 16.1. The molecule has 2 aromatic heterocycles. The molecule has 0 fully saturated rings. The van der Waals surface area contributed by atoms with E-state index < -0.39 is 120 Å². The summed E-state index contributed by atoms with van der Waals surface area (Å²) in [6.07, 6.45) is -44.7. The van der Waals surface area contributed by atoms with Gasteiger partial charge >= 0.3 is 126 Å². The third kappa shape index (κ3) is 33.4. The Labute approximate surface area is 565 Å². The minimum atomic E-state index is -5.46. The topological polar surface area (TPSA) is 257 Å². The van der Waals surface area contributed by atoms with E-state index in [4.69, 9.17) is 0 Å². The van der Waals surface area contributed by atoms with Crippen LogP contribution >= 0.6 is 0 Å². The summed E-state index contributed by atoms with van der Waals surface area (Å²) in [6.45, 7) is 0. The van der Waals surface area contributed by atoms with Gasteiger partial charge in [-0.15, -0.1) is 0 Å². The van der Waals surface area contributed by atoms with Gasteiger partial charge in [0, 0.05) is 0 Å². The quantitative estimate of drug-likeness (QED) is 0.0597. The molecule has 0 saturated heterocycles. The molecule has 0 spiro atoms. The first-order valence-corrected chi connectivity index (χ1v) is 22.7. The molecule has 2 radical (unpaired) electrons. The van der Waals surface area contributed by atoms with Crippen LogP contribution in [0.15, 0.2) is 167 Å². The average Bonchev–Trinajstić information content (AvgIpc) is 0.837. The van der Waals surface area contributed by atoms with Gasteiger partial charge in [0.1, 0.15) is 11.6 Å². The molecule has 0 saturated carbocycles. The minimum Gasteiger partial charge on any atom is -0.871 e. The number of para-hydroxylation sites is 2. The van der Waals surface area contributed by atoms with Gasteiger partial charge in [-0.25, -0.2) is 18.7 Å². The molecule has 0 aliphatic heterocycles. The number of ketones is 4. The van der Waals surface area contributed by atoms with E-state index >= 15 is 0 Å². The molecule has 6 aromatic rings. The first kappa shape index (κ1) is 88.3. The Morgan fingerprint density at radius 2 is 0.553 bits per heavy atom. The molecule has 2 heterocycles. The zero-order valence-corrected chi connectivity index (χ0v) is 48.2. The Balaban J connectivity index is 0. The van der Waals surface area contributed by atoms with E-state index in [1.165, 1.54) is 36.4 Å². The standard InChI is InChI=1S/2C16H11FN2O.4C5H2F6O2.2Dy/c2*17-12-5-8-13(9-6-12)18-10-14-7-4-11-2-1-3-15(20)16(11)19-14;4*6-4(7,8)2(12)1-3(13)5(9,10)11;;/h2*1-10,20H;4*1,12H;;/q;;;;;;2*+3/p-6/b;;4*2-1-;;. The number of aromatic nitrogens is 2. The van der Waals surface area contributed by atoms with Crippen LogP contribution in [0.3, 0.4) is 0 Å². The maximum Gasteiger partial charge on any atom is 3.00 e. The number of rotatable bonds is 8. The van der Waals surface area contributed by atoms with Crippen LogP contribution in [0.5, 0.6) is 11.5 Å². The number of halogens is 26. The SMILES string of the molecule is O=C(/C=C(\[O-])C(F)(F)F)C(F)(F)F.O=C(/C=C(\[O-])C(F)(F)F)C(F)(F)F.O=C(/C=C(\[O-])C(F)(F)F)C(F)(F)F.O=C(/C=C(\[O-])C(F)(F)F)C(F)(F)F.[Dy+3].[Dy+3].[O-]c1cccc2ccc(C=Nc3ccc(F)cc3)nc12.[O-]c1cccc2ccc(C=Nc3ccc(F)cc3)nc12. The number of pyridine rings is 2. The number of hydrogen-bond donors (Lipinski definition) is 0. The van der Waals surface area contributed by atoms with E-state index in [9.17, 15) is 164 Å². The number of nitrogens with zero attached hydrogens (tertiary/aromatic N) is 4. The van der Waals surface area contributed by atoms with Crippen molar-refractivity contribution in [3.63, 3.8) is 0 Å². The third-order valence-corrected chi connectivity index (χ3v) is 9.04. The van der Waals surface area contributed by atoms with Gasteiger partial charge in [-0.1, -0.05) is 60.0 Å². The molecule has 0 N–H and O–H groups in total. The zero-order valence-electron chi connectivity index (χ0n) is 44.2. The summed E-state index contributed by atoms with van der Waals surface area (Å²) in [5.74, 6) is -23.4. The van der Waals surface area contributed by atoms with E-state index in [2.05, 4.69) is 20.0 Å². The summed E-state index contributed by atoms with van der Waals surface area (Å²) in [5.41, 5.74) is 3.29. The number of allylic oxidation sites excluding steroid dienone is 8. The Hall–Kier alpha value is -7.79. The minimum absolute atomic E-state index is 0. The third-order valence-electron chi connectivity index (χ3n) is 9.04. The molecule has 0 amide bonds. The van der Waals surface area contributed by atoms with Crippen molar-refractivity contribution in [2.24, 2.45) is 9.98 Å². The number of hydrogen-bond acceptors (Lipinski definition) is 14. The van der Waals surface area contributed by atoms with E-state index in [1.54, 1.807) is 61.0 Å². The molecule has 0 aliphatic carbocycles. The largest absolute Gasteiger partial charge is 3.00 e. The number of aliphatic imine (C=N–C) groups is 2. The maximum absolute atomic E-state index is 12.8. The van der Waals surface area contributed by atoms with Gasteiger partial charge in [-0.3, -0.25) is 29.2 Å². The van der Waals surface area contributed by atoms with E-state index in [0.717, 1.165) is 10.8 Å². The summed E-state index contributed by atoms with van der Waals surface area (Å²) in [4.78, 5) is 56.2. The predicted molar refractivity (Wildman–Crippen MR) is 250 cm³/mol. The zero-order chi connectivity index (χ0) is 71.3. The molecule has 0 atom stereocenters. The monoisotopic (exact) mass is 1690 g/mol. The molecule has 0 unspecified atom stereocenters. The molecule has 6 rings (SSSR count). The van der Waals surface area contributed by atoms with E-state index in [1.807, 2.05) is 24.3 Å². The van der Waals surface area contributed by atoms with Gasteiger partial charge in [-0.05, 0) is 119 Å². The summed E-state index contributed by atoms with van der Waals surface area (Å²) >= 11 is 0. The van der Waals surface area contributed by atoms with Gasteiger partial charge in [-0.2, -0.15) is 105 Å². The summed E-state index contributed by atoms with van der Waals surface area (Å²) < 4.78 is 297. The maximum atomic E-state index is 12.8. The smallest absolute Gasteiger partial charge is 0.871 e. The van der Waals surface area contributed by atoms with Crippen LogP contribution < -0.4 is 30.6 Å². The fraction of sp³-hybridized carbons (Fsp3) is 0.154. The molecule has 0 bridgehead atoms. The van der Waals surface area contributed by atoms with Crippen LogP contribution in [0.2, 0.25) is 0 Å². The Morgan fingerprint density at radius 1 is 0.330 bits per heavy atom. The fourth-order valence-electron chi connectivity index (χ4n) is 4.88. The van der Waals surface area contributed by atoms with Crippen molar-refractivity contribution in [1.29, 1.82) is 0 Å². The fourth-order valence-corrected chi connectivity index (χ4v) is 4.88. The number of fused-ring (bicyclic) bond motifs is 2.